The molecule has 10 heteroatoms. The van der Waals surface area contributed by atoms with E-state index in [-0.39, 0.29) is 0 Å². The van der Waals surface area contributed by atoms with Crippen LogP contribution in [0.25, 0.3) is 0 Å². The number of nitrogens with one attached hydrogen (secondary N) is 2. The van der Waals surface area contributed by atoms with Crippen LogP contribution in [0.15, 0.2) is 65.8 Å². The van der Waals surface area contributed by atoms with E-state index in [4.69, 9.17) is 14.7 Å². The van der Waals surface area contributed by atoms with Crippen molar-refractivity contribution < 1.29 is 4.74 Å². The minimum atomic E-state index is 0.379. The van der Waals surface area contributed by atoms with Gasteiger partial charge in [0.25, 0.3) is 0 Å². The molecule has 0 unspecified atom stereocenters. The first kappa shape index (κ1) is 29.5. The van der Waals surface area contributed by atoms with E-state index in [2.05, 4.69) is 122 Å². The van der Waals surface area contributed by atoms with Crippen LogP contribution in [0, 0.1) is 26.9 Å². The molecule has 1 fully saturated rings. The predicted octanol–water partition coefficient (Wildman–Crippen LogP) is 7.70. The zero-order valence-corrected chi connectivity index (χ0v) is 27.7. The molecular weight excluding hydrogens is 740 g/mol. The molecule has 212 valence electrons. The molecule has 5 rings (SSSR count). The highest BCUT2D eigenvalue weighted by Crippen LogP contribution is 2.29. The first-order chi connectivity index (χ1) is 19.9. The van der Waals surface area contributed by atoms with Gasteiger partial charge in [-0.2, -0.15) is 20.1 Å². The van der Waals surface area contributed by atoms with E-state index >= 15 is 0 Å². The fraction of sp³-hybridized carbons (Fsp3) is 0.290. The average molecular weight is 773 g/mol. The molecule has 41 heavy (non-hydrogen) atoms. The van der Waals surface area contributed by atoms with Gasteiger partial charge in [-0.25, -0.2) is 5.43 Å². The summed E-state index contributed by atoms with van der Waals surface area (Å²) in [6.07, 6.45) is 3.99. The number of rotatable bonds is 9. The van der Waals surface area contributed by atoms with Gasteiger partial charge in [0.2, 0.25) is 17.8 Å². The number of piperidine rings is 1. The predicted molar refractivity (Wildman–Crippen MR) is 184 cm³/mol. The van der Waals surface area contributed by atoms with Crippen molar-refractivity contribution in [2.24, 2.45) is 11.0 Å². The first-order valence-corrected chi connectivity index (χ1v) is 15.8. The van der Waals surface area contributed by atoms with Crippen LogP contribution >= 0.6 is 45.2 Å². The van der Waals surface area contributed by atoms with Crippen molar-refractivity contribution in [1.29, 1.82) is 0 Å². The summed E-state index contributed by atoms with van der Waals surface area (Å²) in [6.45, 7) is 8.79. The maximum Gasteiger partial charge on any atom is 0.250 e. The molecule has 0 amide bonds. The summed E-state index contributed by atoms with van der Waals surface area (Å²) in [4.78, 5) is 16.4. The monoisotopic (exact) mass is 773 g/mol. The minimum absolute atomic E-state index is 0.379. The average Bonchev–Trinajstić information content (AvgIpc) is 2.96. The highest BCUT2D eigenvalue weighted by atomic mass is 127. The molecular formula is C31H33I2N7O. The van der Waals surface area contributed by atoms with Gasteiger partial charge in [-0.1, -0.05) is 49.4 Å². The largest absolute Gasteiger partial charge is 0.487 e. The third-order valence-corrected chi connectivity index (χ3v) is 8.60. The Balaban J connectivity index is 1.40. The summed E-state index contributed by atoms with van der Waals surface area (Å²) in [6, 6.07) is 20.5. The van der Waals surface area contributed by atoms with Gasteiger partial charge in [0, 0.05) is 27.9 Å². The van der Waals surface area contributed by atoms with Crippen LogP contribution in [0.3, 0.4) is 0 Å². The Morgan fingerprint density at radius 3 is 2.51 bits per heavy atom. The highest BCUT2D eigenvalue weighted by Gasteiger charge is 2.20. The number of hydrazone groups is 1. The second-order valence-electron chi connectivity index (χ2n) is 10.3. The second-order valence-corrected chi connectivity index (χ2v) is 12.7. The standard InChI is InChI=1S/C31H33I2N7O/c1-20-12-14-40(15-13-20)31-37-29(35-27-11-7-8-21(2)22(27)3)36-30(38-31)39-34-18-24-16-25(32)17-26(33)28(24)41-19-23-9-5-4-6-10-23/h4-11,16-18,20H,12-15,19H2,1-3H3,(H2,35,36,37,38,39)/b34-18+. The van der Waals surface area contributed by atoms with Crippen molar-refractivity contribution in [3.05, 3.63) is 90.1 Å². The van der Waals surface area contributed by atoms with Crippen molar-refractivity contribution in [2.45, 2.75) is 40.2 Å². The fourth-order valence-electron chi connectivity index (χ4n) is 4.55. The van der Waals surface area contributed by atoms with Gasteiger partial charge in [0.15, 0.2) is 0 Å². The van der Waals surface area contributed by atoms with Crippen LogP contribution in [0.1, 0.15) is 42.0 Å². The van der Waals surface area contributed by atoms with Crippen molar-refractivity contribution in [1.82, 2.24) is 15.0 Å². The number of hydrogen-bond donors (Lipinski definition) is 2. The van der Waals surface area contributed by atoms with Crippen molar-refractivity contribution in [3.8, 4) is 5.75 Å². The maximum atomic E-state index is 6.24. The summed E-state index contributed by atoms with van der Waals surface area (Å²) in [7, 11) is 0. The van der Waals surface area contributed by atoms with Crippen molar-refractivity contribution in [2.75, 3.05) is 28.7 Å². The zero-order valence-electron chi connectivity index (χ0n) is 23.4. The Labute approximate surface area is 268 Å². The third-order valence-electron chi connectivity index (χ3n) is 7.17. The van der Waals surface area contributed by atoms with Gasteiger partial charge in [-0.05, 0) is 113 Å². The van der Waals surface area contributed by atoms with Crippen molar-refractivity contribution in [3.63, 3.8) is 0 Å². The molecule has 4 aromatic rings. The van der Waals surface area contributed by atoms with Gasteiger partial charge in [0.1, 0.15) is 12.4 Å². The van der Waals surface area contributed by atoms with E-state index in [1.54, 1.807) is 6.21 Å². The molecule has 0 bridgehead atoms. The molecule has 2 N–H and O–H groups in total. The lowest BCUT2D eigenvalue weighted by molar-refractivity contribution is 0.303. The molecule has 1 aromatic heterocycles. The van der Waals surface area contributed by atoms with Crippen LogP contribution < -0.4 is 20.4 Å². The number of benzene rings is 3. The SMILES string of the molecule is Cc1cccc(Nc2nc(N/N=C/c3cc(I)cc(I)c3OCc3ccccc3)nc(N3CCC(C)CC3)n2)c1C. The lowest BCUT2D eigenvalue weighted by Gasteiger charge is -2.30. The Morgan fingerprint density at radius 2 is 1.73 bits per heavy atom. The number of aromatic nitrogens is 3. The van der Waals surface area contributed by atoms with Gasteiger partial charge >= 0.3 is 0 Å². The Morgan fingerprint density at radius 1 is 0.976 bits per heavy atom. The molecule has 2 heterocycles. The van der Waals surface area contributed by atoms with Crippen LogP contribution in [0.2, 0.25) is 0 Å². The molecule has 1 aliphatic heterocycles. The normalized spacial score (nSPS) is 13.9. The summed E-state index contributed by atoms with van der Waals surface area (Å²) in [5, 5.41) is 7.93. The summed E-state index contributed by atoms with van der Waals surface area (Å²) >= 11 is 4.62. The van der Waals surface area contributed by atoms with Crippen molar-refractivity contribution >= 4 is 74.9 Å². The summed E-state index contributed by atoms with van der Waals surface area (Å²) in [5.74, 6) is 3.00. The first-order valence-electron chi connectivity index (χ1n) is 13.6. The number of hydrogen-bond acceptors (Lipinski definition) is 8. The number of nitrogens with zero attached hydrogens (tertiary/aromatic N) is 5. The number of halogens is 2. The molecule has 0 radical (unpaired) electrons. The number of anilines is 4. The van der Waals surface area contributed by atoms with Crippen LogP contribution in [-0.4, -0.2) is 34.3 Å². The van der Waals surface area contributed by atoms with Gasteiger partial charge in [0.05, 0.1) is 9.78 Å². The van der Waals surface area contributed by atoms with Gasteiger partial charge in [-0.15, -0.1) is 0 Å². The topological polar surface area (TPSA) is 87.6 Å². The van der Waals surface area contributed by atoms with E-state index < -0.39 is 0 Å². The third kappa shape index (κ3) is 7.85. The lowest BCUT2D eigenvalue weighted by Crippen LogP contribution is -2.34. The van der Waals surface area contributed by atoms with Crippen LogP contribution in [0.5, 0.6) is 5.75 Å². The number of ether oxygens (including phenoxy) is 1. The van der Waals surface area contributed by atoms with E-state index in [1.807, 2.05) is 30.3 Å². The maximum absolute atomic E-state index is 6.24. The fourth-order valence-corrected chi connectivity index (χ4v) is 6.59. The van der Waals surface area contributed by atoms with E-state index in [1.165, 1.54) is 5.56 Å². The zero-order chi connectivity index (χ0) is 28.8. The molecule has 1 aliphatic rings. The summed E-state index contributed by atoms with van der Waals surface area (Å²) < 4.78 is 8.36. The van der Waals surface area contributed by atoms with Crippen LogP contribution in [0.4, 0.5) is 23.5 Å². The Bertz CT molecular complexity index is 1520. The van der Waals surface area contributed by atoms with Gasteiger partial charge < -0.3 is 15.0 Å². The molecule has 0 atom stereocenters. The second kappa shape index (κ2) is 13.8. The molecule has 0 saturated carbocycles. The highest BCUT2D eigenvalue weighted by molar-refractivity contribution is 14.1. The van der Waals surface area contributed by atoms with E-state index in [9.17, 15) is 0 Å². The molecule has 3 aromatic carbocycles. The summed E-state index contributed by atoms with van der Waals surface area (Å²) in [5.41, 5.74) is 8.37. The number of aryl methyl sites for hydroxylation is 1. The minimum Gasteiger partial charge on any atom is -0.487 e. The molecule has 0 aliphatic carbocycles. The smallest absolute Gasteiger partial charge is 0.250 e. The Kier molecular flexibility index (Phi) is 9.91. The molecule has 0 spiro atoms. The lowest BCUT2D eigenvalue weighted by atomic mass is 10.00. The van der Waals surface area contributed by atoms with E-state index in [0.29, 0.717) is 30.4 Å². The Hall–Kier alpha value is -3.00. The molecule has 1 saturated heterocycles. The van der Waals surface area contributed by atoms with E-state index in [0.717, 1.165) is 61.2 Å². The van der Waals surface area contributed by atoms with Gasteiger partial charge in [-0.3, -0.25) is 0 Å². The van der Waals surface area contributed by atoms with Crippen LogP contribution in [-0.2, 0) is 6.61 Å². The molecule has 8 nitrogen and oxygen atoms in total. The quantitative estimate of drug-likeness (QED) is 0.103.